The van der Waals surface area contributed by atoms with Crippen molar-refractivity contribution >= 4 is 11.7 Å². The molecule has 104 valence electrons. The monoisotopic (exact) mass is 262 g/mol. The molecule has 0 unspecified atom stereocenters. The second-order valence-electron chi connectivity index (χ2n) is 4.87. The van der Waals surface area contributed by atoms with Gasteiger partial charge < -0.3 is 15.4 Å². The van der Waals surface area contributed by atoms with Gasteiger partial charge in [0, 0.05) is 25.2 Å². The van der Waals surface area contributed by atoms with Crippen LogP contribution in [0.2, 0.25) is 0 Å². The van der Waals surface area contributed by atoms with Gasteiger partial charge in [-0.05, 0) is 31.4 Å². The minimum absolute atomic E-state index is 0.220. The largest absolute Gasteiger partial charge is 0.490 e. The molecule has 0 saturated heterocycles. The number of hydrogen-bond donors (Lipinski definition) is 2. The zero-order chi connectivity index (χ0) is 13.7. The average molecular weight is 262 g/mol. The predicted molar refractivity (Wildman–Crippen MR) is 76.9 cm³/mol. The van der Waals surface area contributed by atoms with Crippen molar-refractivity contribution in [3.8, 4) is 5.75 Å². The number of nitrogens with one attached hydrogen (secondary N) is 1. The standard InChI is InChI=1S/C14H22N4O/c1-2-10-19-12-4-3-8-17-14(12)18(11-5-6-11)9-7-13(15)16/h3-4,8,11H,2,5-7,9-10H2,1H3,(H3,15,16). The summed E-state index contributed by atoms with van der Waals surface area (Å²) in [7, 11) is 0. The van der Waals surface area contributed by atoms with E-state index in [-0.39, 0.29) is 5.84 Å². The number of nitrogens with zero attached hydrogens (tertiary/aromatic N) is 2. The van der Waals surface area contributed by atoms with Gasteiger partial charge in [-0.25, -0.2) is 4.98 Å². The summed E-state index contributed by atoms with van der Waals surface area (Å²) in [5.74, 6) is 1.94. The van der Waals surface area contributed by atoms with E-state index in [4.69, 9.17) is 15.9 Å². The molecule has 0 aromatic carbocycles. The van der Waals surface area contributed by atoms with Gasteiger partial charge in [0.1, 0.15) is 0 Å². The molecule has 0 spiro atoms. The lowest BCUT2D eigenvalue weighted by Crippen LogP contribution is -2.31. The molecular weight excluding hydrogens is 240 g/mol. The number of nitrogens with two attached hydrogens (primary N) is 1. The van der Waals surface area contributed by atoms with Crippen LogP contribution in [-0.4, -0.2) is 30.0 Å². The van der Waals surface area contributed by atoms with Crippen molar-refractivity contribution in [2.45, 2.75) is 38.6 Å². The van der Waals surface area contributed by atoms with E-state index in [1.54, 1.807) is 6.20 Å². The van der Waals surface area contributed by atoms with Crippen LogP contribution in [0.4, 0.5) is 5.82 Å². The summed E-state index contributed by atoms with van der Waals surface area (Å²) in [4.78, 5) is 6.69. The average Bonchev–Trinajstić information content (AvgIpc) is 3.22. The highest BCUT2D eigenvalue weighted by Gasteiger charge is 2.31. The normalized spacial score (nSPS) is 14.2. The molecule has 2 rings (SSSR count). The Labute approximate surface area is 114 Å². The second-order valence-corrected chi connectivity index (χ2v) is 4.87. The topological polar surface area (TPSA) is 75.2 Å². The van der Waals surface area contributed by atoms with E-state index in [1.165, 1.54) is 12.8 Å². The quantitative estimate of drug-likeness (QED) is 0.556. The van der Waals surface area contributed by atoms with Gasteiger partial charge in [-0.2, -0.15) is 0 Å². The SMILES string of the molecule is CCCOc1cccnc1N(CCC(=N)N)C1CC1. The summed E-state index contributed by atoms with van der Waals surface area (Å²) in [6, 6.07) is 4.38. The minimum Gasteiger partial charge on any atom is -0.490 e. The number of anilines is 1. The maximum Gasteiger partial charge on any atom is 0.171 e. The zero-order valence-electron chi connectivity index (χ0n) is 11.4. The smallest absolute Gasteiger partial charge is 0.171 e. The summed E-state index contributed by atoms with van der Waals surface area (Å²) in [5.41, 5.74) is 5.46. The maximum absolute atomic E-state index is 7.38. The molecule has 3 N–H and O–H groups in total. The number of hydrogen-bond acceptors (Lipinski definition) is 4. The van der Waals surface area contributed by atoms with Gasteiger partial charge in [0.25, 0.3) is 0 Å². The predicted octanol–water partition coefficient (Wildman–Crippen LogP) is 2.17. The fourth-order valence-electron chi connectivity index (χ4n) is 2.01. The van der Waals surface area contributed by atoms with E-state index in [9.17, 15) is 0 Å². The molecule has 1 aliphatic carbocycles. The number of amidine groups is 1. The first-order chi connectivity index (χ1) is 9.22. The van der Waals surface area contributed by atoms with E-state index >= 15 is 0 Å². The third-order valence-electron chi connectivity index (χ3n) is 3.09. The highest BCUT2D eigenvalue weighted by molar-refractivity contribution is 5.77. The molecule has 1 saturated carbocycles. The van der Waals surface area contributed by atoms with Crippen LogP contribution in [-0.2, 0) is 0 Å². The van der Waals surface area contributed by atoms with Crippen LogP contribution in [0.1, 0.15) is 32.6 Å². The molecule has 1 heterocycles. The van der Waals surface area contributed by atoms with Gasteiger partial charge in [0.15, 0.2) is 11.6 Å². The van der Waals surface area contributed by atoms with Crippen molar-refractivity contribution in [3.63, 3.8) is 0 Å². The van der Waals surface area contributed by atoms with Crippen LogP contribution < -0.4 is 15.4 Å². The highest BCUT2D eigenvalue weighted by Crippen LogP contribution is 2.35. The Kier molecular flexibility index (Phi) is 4.60. The molecule has 1 aromatic rings. The number of ether oxygens (including phenoxy) is 1. The molecule has 1 aliphatic rings. The molecule has 0 amide bonds. The van der Waals surface area contributed by atoms with E-state index < -0.39 is 0 Å². The van der Waals surface area contributed by atoms with Crippen molar-refractivity contribution in [1.29, 1.82) is 5.41 Å². The number of pyridine rings is 1. The van der Waals surface area contributed by atoms with Crippen molar-refractivity contribution in [2.75, 3.05) is 18.1 Å². The van der Waals surface area contributed by atoms with Crippen LogP contribution in [0.15, 0.2) is 18.3 Å². The molecule has 1 aromatic heterocycles. The summed E-state index contributed by atoms with van der Waals surface area (Å²) in [6.07, 6.45) is 5.70. The summed E-state index contributed by atoms with van der Waals surface area (Å²) in [5, 5.41) is 7.38. The molecule has 5 nitrogen and oxygen atoms in total. The van der Waals surface area contributed by atoms with E-state index in [0.29, 0.717) is 19.1 Å². The van der Waals surface area contributed by atoms with Gasteiger partial charge in [-0.3, -0.25) is 5.41 Å². The molecule has 0 aliphatic heterocycles. The third-order valence-corrected chi connectivity index (χ3v) is 3.09. The van der Waals surface area contributed by atoms with E-state index in [1.807, 2.05) is 12.1 Å². The molecular formula is C14H22N4O. The Balaban J connectivity index is 2.13. The Morgan fingerprint density at radius 3 is 3.00 bits per heavy atom. The van der Waals surface area contributed by atoms with Crippen molar-refractivity contribution < 1.29 is 4.74 Å². The van der Waals surface area contributed by atoms with Crippen LogP contribution in [0.5, 0.6) is 5.75 Å². The summed E-state index contributed by atoms with van der Waals surface area (Å²) in [6.45, 7) is 3.52. The molecule has 0 bridgehead atoms. The number of aromatic nitrogens is 1. The Bertz CT molecular complexity index is 431. The zero-order valence-corrected chi connectivity index (χ0v) is 11.4. The fraction of sp³-hybridized carbons (Fsp3) is 0.571. The van der Waals surface area contributed by atoms with E-state index in [2.05, 4.69) is 16.8 Å². The van der Waals surface area contributed by atoms with Crippen molar-refractivity contribution in [3.05, 3.63) is 18.3 Å². The van der Waals surface area contributed by atoms with Crippen molar-refractivity contribution in [1.82, 2.24) is 4.98 Å². The van der Waals surface area contributed by atoms with Gasteiger partial charge in [0.05, 0.1) is 12.4 Å². The Morgan fingerprint density at radius 1 is 1.58 bits per heavy atom. The highest BCUT2D eigenvalue weighted by atomic mass is 16.5. The molecule has 5 heteroatoms. The molecule has 19 heavy (non-hydrogen) atoms. The summed E-state index contributed by atoms with van der Waals surface area (Å²) < 4.78 is 5.76. The Hall–Kier alpha value is -1.78. The van der Waals surface area contributed by atoms with Gasteiger partial charge in [0.2, 0.25) is 0 Å². The van der Waals surface area contributed by atoms with Crippen molar-refractivity contribution in [2.24, 2.45) is 5.73 Å². The van der Waals surface area contributed by atoms with Gasteiger partial charge in [-0.1, -0.05) is 6.92 Å². The second kappa shape index (κ2) is 6.41. The lowest BCUT2D eigenvalue weighted by atomic mass is 10.3. The minimum atomic E-state index is 0.220. The van der Waals surface area contributed by atoms with Crippen LogP contribution in [0.25, 0.3) is 0 Å². The lowest BCUT2D eigenvalue weighted by Gasteiger charge is -2.25. The Morgan fingerprint density at radius 2 is 2.37 bits per heavy atom. The number of rotatable bonds is 8. The molecule has 1 fully saturated rings. The van der Waals surface area contributed by atoms with Crippen LogP contribution in [0.3, 0.4) is 0 Å². The van der Waals surface area contributed by atoms with Gasteiger partial charge in [-0.15, -0.1) is 0 Å². The van der Waals surface area contributed by atoms with E-state index in [0.717, 1.165) is 24.5 Å². The van der Waals surface area contributed by atoms with Crippen LogP contribution >= 0.6 is 0 Å². The van der Waals surface area contributed by atoms with Crippen LogP contribution in [0, 0.1) is 5.41 Å². The summed E-state index contributed by atoms with van der Waals surface area (Å²) >= 11 is 0. The fourth-order valence-corrected chi connectivity index (χ4v) is 2.01. The molecule has 0 radical (unpaired) electrons. The molecule has 0 atom stereocenters. The third kappa shape index (κ3) is 3.84. The first kappa shape index (κ1) is 13.6. The first-order valence-corrected chi connectivity index (χ1v) is 6.89. The first-order valence-electron chi connectivity index (χ1n) is 6.89. The maximum atomic E-state index is 7.38. The van der Waals surface area contributed by atoms with Gasteiger partial charge >= 0.3 is 0 Å². The lowest BCUT2D eigenvalue weighted by molar-refractivity contribution is 0.316.